The van der Waals surface area contributed by atoms with Gasteiger partial charge in [0.1, 0.15) is 15.9 Å². The summed E-state index contributed by atoms with van der Waals surface area (Å²) in [6, 6.07) is -1.62. The summed E-state index contributed by atoms with van der Waals surface area (Å²) in [7, 11) is -3.25. The number of aliphatic carboxylic acids is 1. The SMILES string of the molecule is CCN(CC1CC1)C(=O)NC(CCS(C)(=O)=O)C(=O)O. The van der Waals surface area contributed by atoms with Crippen LogP contribution in [-0.2, 0) is 14.6 Å². The van der Waals surface area contributed by atoms with E-state index in [0.717, 1.165) is 19.1 Å². The van der Waals surface area contributed by atoms with Crippen LogP contribution in [0.1, 0.15) is 26.2 Å². The van der Waals surface area contributed by atoms with Crippen LogP contribution in [0.15, 0.2) is 0 Å². The minimum absolute atomic E-state index is 0.124. The summed E-state index contributed by atoms with van der Waals surface area (Å²) in [6.45, 7) is 2.95. The van der Waals surface area contributed by atoms with Gasteiger partial charge in [0.2, 0.25) is 0 Å². The van der Waals surface area contributed by atoms with Gasteiger partial charge in [-0.2, -0.15) is 0 Å². The number of carboxylic acid groups (broad SMARTS) is 1. The summed E-state index contributed by atoms with van der Waals surface area (Å²) in [4.78, 5) is 24.6. The minimum atomic E-state index is -3.25. The molecule has 2 N–H and O–H groups in total. The van der Waals surface area contributed by atoms with Crippen LogP contribution in [0.25, 0.3) is 0 Å². The Kier molecular flexibility index (Phi) is 5.79. The maximum absolute atomic E-state index is 12.0. The first-order chi connectivity index (χ1) is 9.23. The Hall–Kier alpha value is -1.31. The Morgan fingerprint density at radius 1 is 1.40 bits per heavy atom. The molecule has 0 spiro atoms. The van der Waals surface area contributed by atoms with Crippen molar-refractivity contribution in [2.75, 3.05) is 25.1 Å². The van der Waals surface area contributed by atoms with Crippen molar-refractivity contribution in [3.05, 3.63) is 0 Å². The zero-order valence-electron chi connectivity index (χ0n) is 11.8. The molecular weight excluding hydrogens is 284 g/mol. The average Bonchev–Trinajstić information content (AvgIpc) is 3.13. The van der Waals surface area contributed by atoms with Crippen LogP contribution in [0.3, 0.4) is 0 Å². The second-order valence-corrected chi connectivity index (χ2v) is 7.50. The molecule has 1 unspecified atom stereocenters. The number of hydrogen-bond donors (Lipinski definition) is 2. The summed E-state index contributed by atoms with van der Waals surface area (Å²) in [5.74, 6) is -0.969. The molecular formula is C12H22N2O5S. The molecule has 0 bridgehead atoms. The molecule has 7 nitrogen and oxygen atoms in total. The van der Waals surface area contributed by atoms with E-state index < -0.39 is 27.9 Å². The third-order valence-corrected chi connectivity index (χ3v) is 4.19. The molecule has 0 saturated heterocycles. The molecule has 0 aromatic rings. The van der Waals surface area contributed by atoms with Crippen molar-refractivity contribution in [2.45, 2.75) is 32.2 Å². The van der Waals surface area contributed by atoms with Gasteiger partial charge in [0.25, 0.3) is 0 Å². The van der Waals surface area contributed by atoms with E-state index in [9.17, 15) is 18.0 Å². The number of carboxylic acids is 1. The molecule has 8 heteroatoms. The second-order valence-electron chi connectivity index (χ2n) is 5.24. The predicted molar refractivity (Wildman–Crippen MR) is 74.3 cm³/mol. The lowest BCUT2D eigenvalue weighted by Gasteiger charge is -2.23. The number of hydrogen-bond acceptors (Lipinski definition) is 4. The van der Waals surface area contributed by atoms with Gasteiger partial charge in [-0.1, -0.05) is 0 Å². The summed E-state index contributed by atoms with van der Waals surface area (Å²) in [5, 5.41) is 11.4. The molecule has 1 rings (SSSR count). The van der Waals surface area contributed by atoms with E-state index in [1.54, 1.807) is 4.90 Å². The molecule has 1 aliphatic carbocycles. The number of urea groups is 1. The maximum atomic E-state index is 12.0. The molecule has 1 fully saturated rings. The Morgan fingerprint density at radius 3 is 2.40 bits per heavy atom. The normalized spacial score (nSPS) is 16.5. The number of amides is 2. The second kappa shape index (κ2) is 6.92. The Bertz CT molecular complexity index is 458. The van der Waals surface area contributed by atoms with Crippen LogP contribution in [-0.4, -0.2) is 61.6 Å². The monoisotopic (exact) mass is 306 g/mol. The molecule has 0 aromatic heterocycles. The van der Waals surface area contributed by atoms with Crippen LogP contribution in [0.4, 0.5) is 4.79 Å². The Balaban J connectivity index is 2.54. The van der Waals surface area contributed by atoms with Crippen LogP contribution < -0.4 is 5.32 Å². The summed E-state index contributed by atoms with van der Waals surface area (Å²) >= 11 is 0. The van der Waals surface area contributed by atoms with Crippen LogP contribution in [0.2, 0.25) is 0 Å². The van der Waals surface area contributed by atoms with E-state index in [0.29, 0.717) is 19.0 Å². The zero-order valence-corrected chi connectivity index (χ0v) is 12.6. The van der Waals surface area contributed by atoms with Crippen LogP contribution >= 0.6 is 0 Å². The van der Waals surface area contributed by atoms with Crippen molar-refractivity contribution >= 4 is 21.8 Å². The highest BCUT2D eigenvalue weighted by Gasteiger charge is 2.28. The van der Waals surface area contributed by atoms with Gasteiger partial charge in [-0.25, -0.2) is 18.0 Å². The Labute approximate surface area is 119 Å². The largest absolute Gasteiger partial charge is 0.480 e. The Morgan fingerprint density at radius 2 is 2.00 bits per heavy atom. The number of nitrogens with zero attached hydrogens (tertiary/aromatic N) is 1. The first-order valence-corrected chi connectivity index (χ1v) is 8.75. The maximum Gasteiger partial charge on any atom is 0.326 e. The number of sulfone groups is 1. The molecule has 0 heterocycles. The lowest BCUT2D eigenvalue weighted by molar-refractivity contribution is -0.139. The molecule has 116 valence electrons. The van der Waals surface area contributed by atoms with Gasteiger partial charge in [0, 0.05) is 19.3 Å². The molecule has 2 amide bonds. The molecule has 0 aromatic carbocycles. The summed E-state index contributed by atoms with van der Waals surface area (Å²) < 4.78 is 22.1. The van der Waals surface area contributed by atoms with Crippen molar-refractivity contribution in [1.82, 2.24) is 10.2 Å². The van der Waals surface area contributed by atoms with Crippen LogP contribution in [0.5, 0.6) is 0 Å². The number of rotatable bonds is 8. The van der Waals surface area contributed by atoms with Gasteiger partial charge in [-0.05, 0) is 32.1 Å². The van der Waals surface area contributed by atoms with Gasteiger partial charge >= 0.3 is 12.0 Å². The van der Waals surface area contributed by atoms with Crippen molar-refractivity contribution < 1.29 is 23.1 Å². The number of nitrogens with one attached hydrogen (secondary N) is 1. The fraction of sp³-hybridized carbons (Fsp3) is 0.833. The molecule has 20 heavy (non-hydrogen) atoms. The third kappa shape index (κ3) is 6.23. The van der Waals surface area contributed by atoms with Crippen LogP contribution in [0, 0.1) is 5.92 Å². The molecule has 0 radical (unpaired) electrons. The van der Waals surface area contributed by atoms with Crippen molar-refractivity contribution in [3.8, 4) is 0 Å². The zero-order chi connectivity index (χ0) is 15.3. The van der Waals surface area contributed by atoms with Gasteiger partial charge < -0.3 is 15.3 Å². The molecule has 0 aliphatic heterocycles. The number of carbonyl (C=O) groups excluding carboxylic acids is 1. The first-order valence-electron chi connectivity index (χ1n) is 6.69. The van der Waals surface area contributed by atoms with Gasteiger partial charge in [0.15, 0.2) is 0 Å². The van der Waals surface area contributed by atoms with Crippen molar-refractivity contribution in [2.24, 2.45) is 5.92 Å². The summed E-state index contributed by atoms with van der Waals surface area (Å²) in [5.41, 5.74) is 0. The van der Waals surface area contributed by atoms with E-state index in [4.69, 9.17) is 5.11 Å². The standard InChI is InChI=1S/C12H22N2O5S/c1-3-14(8-9-4-5-9)12(17)13-10(11(15)16)6-7-20(2,18)19/h9-10H,3-8H2,1-2H3,(H,13,17)(H,15,16). The van der Waals surface area contributed by atoms with E-state index in [2.05, 4.69) is 5.32 Å². The lowest BCUT2D eigenvalue weighted by atomic mass is 10.2. The first kappa shape index (κ1) is 16.7. The van der Waals surface area contributed by atoms with Crippen molar-refractivity contribution in [3.63, 3.8) is 0 Å². The lowest BCUT2D eigenvalue weighted by Crippen LogP contribution is -2.49. The quantitative estimate of drug-likeness (QED) is 0.672. The fourth-order valence-electron chi connectivity index (χ4n) is 1.80. The van der Waals surface area contributed by atoms with E-state index in [1.807, 2.05) is 6.92 Å². The topological polar surface area (TPSA) is 104 Å². The summed E-state index contributed by atoms with van der Waals surface area (Å²) in [6.07, 6.45) is 3.11. The van der Waals surface area contributed by atoms with Gasteiger partial charge in [-0.15, -0.1) is 0 Å². The van der Waals surface area contributed by atoms with Gasteiger partial charge in [-0.3, -0.25) is 0 Å². The fourth-order valence-corrected chi connectivity index (χ4v) is 2.46. The molecule has 1 atom stereocenters. The highest BCUT2D eigenvalue weighted by atomic mass is 32.2. The smallest absolute Gasteiger partial charge is 0.326 e. The molecule has 1 aliphatic rings. The van der Waals surface area contributed by atoms with Crippen molar-refractivity contribution in [1.29, 1.82) is 0 Å². The van der Waals surface area contributed by atoms with E-state index >= 15 is 0 Å². The average molecular weight is 306 g/mol. The predicted octanol–water partition coefficient (Wildman–Crippen LogP) is 0.316. The van der Waals surface area contributed by atoms with Gasteiger partial charge in [0.05, 0.1) is 5.75 Å². The van der Waals surface area contributed by atoms with E-state index in [1.165, 1.54) is 0 Å². The third-order valence-electron chi connectivity index (χ3n) is 3.22. The van der Waals surface area contributed by atoms with E-state index in [-0.39, 0.29) is 12.2 Å². The minimum Gasteiger partial charge on any atom is -0.480 e. The molecule has 1 saturated carbocycles. The highest BCUT2D eigenvalue weighted by Crippen LogP contribution is 2.29. The highest BCUT2D eigenvalue weighted by molar-refractivity contribution is 7.90. The number of carbonyl (C=O) groups is 2.